The van der Waals surface area contributed by atoms with Crippen molar-refractivity contribution in [2.24, 2.45) is 0 Å². The van der Waals surface area contributed by atoms with E-state index in [1.165, 1.54) is 18.2 Å². The van der Waals surface area contributed by atoms with Crippen LogP contribution in [-0.2, 0) is 22.8 Å². The van der Waals surface area contributed by atoms with Crippen molar-refractivity contribution in [2.75, 3.05) is 6.61 Å². The number of hydrogen-bond acceptors (Lipinski definition) is 5. The lowest BCUT2D eigenvalue weighted by atomic mass is 10.1. The second kappa shape index (κ2) is 8.83. The molecule has 29 heavy (non-hydrogen) atoms. The third-order valence-corrected chi connectivity index (χ3v) is 6.63. The molecule has 0 amide bonds. The number of halogens is 2. The summed E-state index contributed by atoms with van der Waals surface area (Å²) in [5.41, 5.74) is 1.31. The minimum absolute atomic E-state index is 0.00308. The molecule has 0 radical (unpaired) electrons. The third-order valence-electron chi connectivity index (χ3n) is 4.40. The zero-order valence-electron chi connectivity index (χ0n) is 16.0. The van der Waals surface area contributed by atoms with Crippen LogP contribution in [0.25, 0.3) is 0 Å². The Balaban J connectivity index is 2.27. The van der Waals surface area contributed by atoms with Gasteiger partial charge in [-0.25, -0.2) is 13.4 Å². The SMILES string of the molecule is CC(C)c1nc(CCO)n(Cc2ccncc2)c1S(=O)(=O)c1cc(Cl)cc(Cl)c1. The van der Waals surface area contributed by atoms with Gasteiger partial charge in [-0.2, -0.15) is 0 Å². The van der Waals surface area contributed by atoms with Gasteiger partial charge < -0.3 is 9.67 Å². The van der Waals surface area contributed by atoms with Gasteiger partial charge in [-0.1, -0.05) is 37.0 Å². The van der Waals surface area contributed by atoms with Gasteiger partial charge in [0, 0.05) is 28.9 Å². The quantitative estimate of drug-likeness (QED) is 0.581. The maximum Gasteiger partial charge on any atom is 0.224 e. The third kappa shape index (κ3) is 4.64. The monoisotopic (exact) mass is 453 g/mol. The summed E-state index contributed by atoms with van der Waals surface area (Å²) in [4.78, 5) is 8.58. The number of hydrogen-bond donors (Lipinski definition) is 1. The Hall–Kier alpha value is -1.93. The second-order valence-corrected chi connectivity index (χ2v) is 9.63. The topological polar surface area (TPSA) is 85.1 Å². The molecule has 0 saturated carbocycles. The number of sulfone groups is 1. The molecule has 0 saturated heterocycles. The summed E-state index contributed by atoms with van der Waals surface area (Å²) >= 11 is 12.1. The Morgan fingerprint density at radius 1 is 1.10 bits per heavy atom. The van der Waals surface area contributed by atoms with E-state index in [-0.39, 0.29) is 45.5 Å². The molecule has 0 bridgehead atoms. The molecule has 1 N–H and O–H groups in total. The average molecular weight is 454 g/mol. The van der Waals surface area contributed by atoms with Gasteiger partial charge in [0.05, 0.1) is 23.7 Å². The number of rotatable bonds is 7. The van der Waals surface area contributed by atoms with Gasteiger partial charge >= 0.3 is 0 Å². The maximum atomic E-state index is 13.6. The van der Waals surface area contributed by atoms with E-state index in [4.69, 9.17) is 23.2 Å². The molecule has 0 unspecified atom stereocenters. The Morgan fingerprint density at radius 3 is 2.28 bits per heavy atom. The molecule has 9 heteroatoms. The summed E-state index contributed by atoms with van der Waals surface area (Å²) in [5, 5.41) is 10.1. The van der Waals surface area contributed by atoms with Crippen LogP contribution in [0.15, 0.2) is 52.6 Å². The fourth-order valence-electron chi connectivity index (χ4n) is 3.08. The van der Waals surface area contributed by atoms with E-state index in [0.29, 0.717) is 11.5 Å². The molecule has 6 nitrogen and oxygen atoms in total. The first-order chi connectivity index (χ1) is 13.7. The number of benzene rings is 1. The molecule has 0 spiro atoms. The lowest BCUT2D eigenvalue weighted by Gasteiger charge is -2.14. The minimum Gasteiger partial charge on any atom is -0.396 e. The summed E-state index contributed by atoms with van der Waals surface area (Å²) in [6.07, 6.45) is 3.52. The van der Waals surface area contributed by atoms with Crippen molar-refractivity contribution in [1.82, 2.24) is 14.5 Å². The number of pyridine rings is 1. The van der Waals surface area contributed by atoms with Crippen LogP contribution in [0.1, 0.15) is 36.8 Å². The predicted octanol–water partition coefficient (Wildman–Crippen LogP) is 4.12. The van der Waals surface area contributed by atoms with Crippen molar-refractivity contribution in [2.45, 2.75) is 42.7 Å². The second-order valence-electron chi connectivity index (χ2n) is 6.90. The van der Waals surface area contributed by atoms with E-state index in [1.54, 1.807) is 17.0 Å². The van der Waals surface area contributed by atoms with Crippen LogP contribution in [0.4, 0.5) is 0 Å². The molecular weight excluding hydrogens is 433 g/mol. The lowest BCUT2D eigenvalue weighted by Crippen LogP contribution is -2.15. The normalized spacial score (nSPS) is 11.9. The van der Waals surface area contributed by atoms with E-state index in [9.17, 15) is 13.5 Å². The lowest BCUT2D eigenvalue weighted by molar-refractivity contribution is 0.294. The number of aliphatic hydroxyl groups excluding tert-OH is 1. The molecule has 1 aromatic carbocycles. The number of aromatic nitrogens is 3. The standard InChI is InChI=1S/C20H21Cl2N3O3S/c1-13(2)19-20(29(27,28)17-10-15(21)9-16(22)11-17)25(18(24-19)5-8-26)12-14-3-6-23-7-4-14/h3-4,6-7,9-11,13,26H,5,8,12H2,1-2H3. The fraction of sp³-hybridized carbons (Fsp3) is 0.300. The molecule has 3 aromatic rings. The van der Waals surface area contributed by atoms with Crippen LogP contribution in [0, 0.1) is 0 Å². The maximum absolute atomic E-state index is 13.6. The van der Waals surface area contributed by atoms with Gasteiger partial charge in [0.1, 0.15) is 5.82 Å². The molecule has 0 aliphatic rings. The molecule has 0 aliphatic carbocycles. The Morgan fingerprint density at radius 2 is 1.72 bits per heavy atom. The highest BCUT2D eigenvalue weighted by Gasteiger charge is 2.31. The molecule has 0 fully saturated rings. The molecule has 0 atom stereocenters. The van der Waals surface area contributed by atoms with Gasteiger partial charge in [0.25, 0.3) is 0 Å². The van der Waals surface area contributed by atoms with Crippen LogP contribution in [0.3, 0.4) is 0 Å². The molecule has 154 valence electrons. The summed E-state index contributed by atoms with van der Waals surface area (Å²) in [6.45, 7) is 3.89. The summed E-state index contributed by atoms with van der Waals surface area (Å²) in [7, 11) is -3.97. The van der Waals surface area contributed by atoms with E-state index < -0.39 is 9.84 Å². The fourth-order valence-corrected chi connectivity index (χ4v) is 5.54. The molecule has 3 rings (SSSR count). The van der Waals surface area contributed by atoms with Gasteiger partial charge in [-0.05, 0) is 41.8 Å². The minimum atomic E-state index is -3.97. The summed E-state index contributed by atoms with van der Waals surface area (Å²) in [6, 6.07) is 7.86. The van der Waals surface area contributed by atoms with E-state index >= 15 is 0 Å². The zero-order chi connectivity index (χ0) is 21.2. The van der Waals surface area contributed by atoms with Gasteiger partial charge in [0.15, 0.2) is 5.03 Å². The largest absolute Gasteiger partial charge is 0.396 e. The van der Waals surface area contributed by atoms with Gasteiger partial charge in [-0.3, -0.25) is 4.98 Å². The first-order valence-corrected chi connectivity index (χ1v) is 11.3. The van der Waals surface area contributed by atoms with Crippen molar-refractivity contribution >= 4 is 33.0 Å². The Labute approximate surface area is 180 Å². The molecule has 2 heterocycles. The molecular formula is C20H21Cl2N3O3S. The Bertz CT molecular complexity index is 1090. The number of nitrogens with zero attached hydrogens (tertiary/aromatic N) is 3. The van der Waals surface area contributed by atoms with E-state index in [2.05, 4.69) is 9.97 Å². The van der Waals surface area contributed by atoms with Crippen molar-refractivity contribution in [1.29, 1.82) is 0 Å². The van der Waals surface area contributed by atoms with E-state index in [0.717, 1.165) is 5.56 Å². The highest BCUT2D eigenvalue weighted by atomic mass is 35.5. The summed E-state index contributed by atoms with van der Waals surface area (Å²) < 4.78 is 28.9. The van der Waals surface area contributed by atoms with Crippen LogP contribution < -0.4 is 0 Å². The van der Waals surface area contributed by atoms with Crippen LogP contribution in [-0.4, -0.2) is 34.7 Å². The number of imidazole rings is 1. The van der Waals surface area contributed by atoms with Crippen molar-refractivity contribution in [3.8, 4) is 0 Å². The first-order valence-electron chi connectivity index (χ1n) is 9.04. The van der Waals surface area contributed by atoms with Crippen molar-refractivity contribution < 1.29 is 13.5 Å². The molecule has 0 aliphatic heterocycles. The predicted molar refractivity (Wildman–Crippen MR) is 112 cm³/mol. The molecule has 2 aromatic heterocycles. The number of aliphatic hydroxyl groups is 1. The first kappa shape index (κ1) is 21.8. The van der Waals surface area contributed by atoms with Crippen LogP contribution in [0.2, 0.25) is 10.0 Å². The Kier molecular flexibility index (Phi) is 6.63. The van der Waals surface area contributed by atoms with Crippen molar-refractivity contribution in [3.05, 3.63) is 69.9 Å². The summed E-state index contributed by atoms with van der Waals surface area (Å²) in [5.74, 6) is 0.352. The van der Waals surface area contributed by atoms with Crippen LogP contribution >= 0.6 is 23.2 Å². The van der Waals surface area contributed by atoms with Gasteiger partial charge in [-0.15, -0.1) is 0 Å². The van der Waals surface area contributed by atoms with Gasteiger partial charge in [0.2, 0.25) is 9.84 Å². The highest BCUT2D eigenvalue weighted by molar-refractivity contribution is 7.91. The highest BCUT2D eigenvalue weighted by Crippen LogP contribution is 2.33. The van der Waals surface area contributed by atoms with Crippen LogP contribution in [0.5, 0.6) is 0 Å². The smallest absolute Gasteiger partial charge is 0.224 e. The van der Waals surface area contributed by atoms with E-state index in [1.807, 2.05) is 26.0 Å². The zero-order valence-corrected chi connectivity index (χ0v) is 18.3. The average Bonchev–Trinajstić information content (AvgIpc) is 3.01. The van der Waals surface area contributed by atoms with Crippen molar-refractivity contribution in [3.63, 3.8) is 0 Å².